The molecule has 0 unspecified atom stereocenters. The molecule has 0 fully saturated rings. The van der Waals surface area contributed by atoms with Gasteiger partial charge in [-0.05, 0) is 41.6 Å². The average molecular weight is 404 g/mol. The van der Waals surface area contributed by atoms with E-state index >= 15 is 0 Å². The molecule has 2 heterocycles. The first kappa shape index (κ1) is 20.3. The fourth-order valence-corrected chi connectivity index (χ4v) is 2.83. The van der Waals surface area contributed by atoms with Crippen molar-refractivity contribution in [1.82, 2.24) is 15.3 Å². The molecule has 10 nitrogen and oxygen atoms in total. The average Bonchev–Trinajstić information content (AvgIpc) is 2.73. The summed E-state index contributed by atoms with van der Waals surface area (Å²) in [4.78, 5) is 32.3. The molecule has 0 radical (unpaired) electrons. The third-order valence-electron chi connectivity index (χ3n) is 4.48. The van der Waals surface area contributed by atoms with E-state index in [1.807, 2.05) is 13.0 Å². The van der Waals surface area contributed by atoms with Crippen LogP contribution in [0.25, 0.3) is 21.9 Å². The number of hydrogen-bond donors (Lipinski definition) is 6. The number of anilines is 3. The predicted molar refractivity (Wildman–Crippen MR) is 116 cm³/mol. The van der Waals surface area contributed by atoms with Gasteiger partial charge >= 0.3 is 11.8 Å². The lowest BCUT2D eigenvalue weighted by Crippen LogP contribution is -2.35. The first-order valence-electron chi connectivity index (χ1n) is 8.78. The highest BCUT2D eigenvalue weighted by atomic mass is 16.2. The fourth-order valence-electron chi connectivity index (χ4n) is 2.83. The molecular formula is C20H20N8O2. The Bertz CT molecular complexity index is 1200. The van der Waals surface area contributed by atoms with Gasteiger partial charge in [-0.2, -0.15) is 0 Å². The number of pyridine rings is 2. The normalized spacial score (nSPS) is 11.2. The summed E-state index contributed by atoms with van der Waals surface area (Å²) in [5.74, 6) is -1.77. The molecule has 0 saturated heterocycles. The Kier molecular flexibility index (Phi) is 5.59. The lowest BCUT2D eigenvalue weighted by Gasteiger charge is -2.12. The highest BCUT2D eigenvalue weighted by molar-refractivity contribution is 6.40. The molecule has 152 valence electrons. The van der Waals surface area contributed by atoms with E-state index in [9.17, 15) is 9.59 Å². The third-order valence-corrected chi connectivity index (χ3v) is 4.48. The number of nitrogen functional groups attached to an aromatic ring is 2. The molecule has 3 rings (SSSR count). The van der Waals surface area contributed by atoms with Gasteiger partial charge < -0.3 is 33.2 Å². The molecular weight excluding hydrogens is 384 g/mol. The summed E-state index contributed by atoms with van der Waals surface area (Å²) in [5, 5.41) is 13.1. The molecule has 0 aliphatic rings. The summed E-state index contributed by atoms with van der Waals surface area (Å²) in [6, 6.07) is 5.28. The molecule has 0 atom stereocenters. The number of benzene rings is 1. The van der Waals surface area contributed by atoms with Crippen LogP contribution in [0.15, 0.2) is 48.7 Å². The molecule has 0 aliphatic heterocycles. The van der Waals surface area contributed by atoms with Crippen molar-refractivity contribution in [2.24, 2.45) is 5.73 Å². The molecule has 3 aromatic rings. The standard InChI is InChI=1S/C20H20N8O2/c1-10-14(7-25-9-17(10)24)11-2-12-4-18(26-8-15(12)16(23)3-11)28-20(30)19(29)27-13(5-21)6-22/h2-9,21H,22-24H2,1H3,(H,27,29)(H,26,28,30)/b13-6+,21-5?. The molecule has 2 amide bonds. The minimum Gasteiger partial charge on any atom is -0.403 e. The topological polar surface area (TPSA) is 186 Å². The number of nitrogens with zero attached hydrogens (tertiary/aromatic N) is 2. The van der Waals surface area contributed by atoms with E-state index in [1.54, 1.807) is 24.5 Å². The summed E-state index contributed by atoms with van der Waals surface area (Å²) in [6.07, 6.45) is 6.61. The van der Waals surface area contributed by atoms with Gasteiger partial charge in [0, 0.05) is 41.4 Å². The number of nitrogens with two attached hydrogens (primary N) is 3. The fraction of sp³-hybridized carbons (Fsp3) is 0.0500. The van der Waals surface area contributed by atoms with E-state index in [-0.39, 0.29) is 11.5 Å². The number of carbonyl (C=O) groups is 2. The number of fused-ring (bicyclic) bond motifs is 1. The van der Waals surface area contributed by atoms with Crippen LogP contribution in [0.5, 0.6) is 0 Å². The van der Waals surface area contributed by atoms with Gasteiger partial charge in [-0.1, -0.05) is 0 Å². The van der Waals surface area contributed by atoms with Crippen LogP contribution in [-0.4, -0.2) is 28.0 Å². The van der Waals surface area contributed by atoms with Crippen molar-refractivity contribution >= 4 is 46.0 Å². The Labute approximate surface area is 171 Å². The molecule has 0 spiro atoms. The van der Waals surface area contributed by atoms with Crippen molar-refractivity contribution in [1.29, 1.82) is 5.41 Å². The molecule has 0 aliphatic carbocycles. The highest BCUT2D eigenvalue weighted by Gasteiger charge is 2.16. The Morgan fingerprint density at radius 3 is 2.53 bits per heavy atom. The molecule has 9 N–H and O–H groups in total. The molecule has 2 aromatic heterocycles. The van der Waals surface area contributed by atoms with Crippen molar-refractivity contribution in [3.05, 3.63) is 54.3 Å². The van der Waals surface area contributed by atoms with Crippen molar-refractivity contribution in [2.75, 3.05) is 16.8 Å². The quantitative estimate of drug-likeness (QED) is 0.215. The van der Waals surface area contributed by atoms with E-state index in [2.05, 4.69) is 20.6 Å². The highest BCUT2D eigenvalue weighted by Crippen LogP contribution is 2.32. The molecule has 1 aromatic carbocycles. The predicted octanol–water partition coefficient (Wildman–Crippen LogP) is 1.27. The summed E-state index contributed by atoms with van der Waals surface area (Å²) in [6.45, 7) is 1.89. The first-order chi connectivity index (χ1) is 14.3. The Balaban J connectivity index is 1.93. The maximum atomic E-state index is 12.1. The number of amides is 2. The summed E-state index contributed by atoms with van der Waals surface area (Å²) >= 11 is 0. The molecule has 0 bridgehead atoms. The lowest BCUT2D eigenvalue weighted by atomic mass is 9.98. The molecule has 0 saturated carbocycles. The van der Waals surface area contributed by atoms with Crippen molar-refractivity contribution in [2.45, 2.75) is 6.92 Å². The van der Waals surface area contributed by atoms with E-state index in [0.717, 1.165) is 29.1 Å². The van der Waals surface area contributed by atoms with Crippen LogP contribution < -0.4 is 27.8 Å². The Morgan fingerprint density at radius 1 is 1.07 bits per heavy atom. The number of aromatic nitrogens is 2. The SMILES string of the molecule is Cc1c(N)cncc1-c1cc(N)c2cnc(NC(=O)C(=O)N/C(C=N)=C/N)cc2c1. The van der Waals surface area contributed by atoms with Gasteiger partial charge in [-0.3, -0.25) is 14.6 Å². The second-order valence-electron chi connectivity index (χ2n) is 6.43. The number of allylic oxidation sites excluding steroid dienone is 1. The van der Waals surface area contributed by atoms with Gasteiger partial charge in [0.25, 0.3) is 0 Å². The van der Waals surface area contributed by atoms with Gasteiger partial charge in [0.05, 0.1) is 17.6 Å². The maximum absolute atomic E-state index is 12.1. The van der Waals surface area contributed by atoms with Gasteiger partial charge in [-0.25, -0.2) is 4.98 Å². The van der Waals surface area contributed by atoms with Crippen molar-refractivity contribution in [3.63, 3.8) is 0 Å². The van der Waals surface area contributed by atoms with Gasteiger partial charge in [0.1, 0.15) is 5.82 Å². The van der Waals surface area contributed by atoms with E-state index in [0.29, 0.717) is 22.1 Å². The molecule has 30 heavy (non-hydrogen) atoms. The van der Waals surface area contributed by atoms with Crippen LogP contribution in [0.1, 0.15) is 5.56 Å². The smallest absolute Gasteiger partial charge is 0.315 e. The van der Waals surface area contributed by atoms with Crippen LogP contribution in [0, 0.1) is 12.3 Å². The molecule has 10 heteroatoms. The van der Waals surface area contributed by atoms with Crippen LogP contribution in [0.3, 0.4) is 0 Å². The Hall–Kier alpha value is -4.47. The second-order valence-corrected chi connectivity index (χ2v) is 6.43. The zero-order valence-corrected chi connectivity index (χ0v) is 16.1. The van der Waals surface area contributed by atoms with Gasteiger partial charge in [0.2, 0.25) is 0 Å². The van der Waals surface area contributed by atoms with Crippen LogP contribution in [0.2, 0.25) is 0 Å². The van der Waals surface area contributed by atoms with Crippen LogP contribution in [0.4, 0.5) is 17.2 Å². The minimum absolute atomic E-state index is 0.00912. The second kappa shape index (κ2) is 8.27. The van der Waals surface area contributed by atoms with E-state index in [1.165, 1.54) is 6.20 Å². The zero-order valence-electron chi connectivity index (χ0n) is 16.1. The number of carbonyl (C=O) groups excluding carboxylic acids is 2. The number of hydrogen-bond acceptors (Lipinski definition) is 8. The third kappa shape index (κ3) is 4.02. The summed E-state index contributed by atoms with van der Waals surface area (Å²) in [7, 11) is 0. The summed E-state index contributed by atoms with van der Waals surface area (Å²) < 4.78 is 0. The lowest BCUT2D eigenvalue weighted by molar-refractivity contribution is -0.135. The first-order valence-corrected chi connectivity index (χ1v) is 8.78. The zero-order chi connectivity index (χ0) is 21.8. The van der Waals surface area contributed by atoms with Crippen LogP contribution >= 0.6 is 0 Å². The Morgan fingerprint density at radius 2 is 1.83 bits per heavy atom. The van der Waals surface area contributed by atoms with Gasteiger partial charge in [0.15, 0.2) is 0 Å². The minimum atomic E-state index is -0.980. The monoisotopic (exact) mass is 404 g/mol. The number of rotatable bonds is 4. The number of nitrogens with one attached hydrogen (secondary N) is 3. The van der Waals surface area contributed by atoms with E-state index < -0.39 is 11.8 Å². The van der Waals surface area contributed by atoms with Crippen LogP contribution in [-0.2, 0) is 9.59 Å². The van der Waals surface area contributed by atoms with Crippen molar-refractivity contribution in [3.8, 4) is 11.1 Å². The van der Waals surface area contributed by atoms with Gasteiger partial charge in [-0.15, -0.1) is 0 Å². The summed E-state index contributed by atoms with van der Waals surface area (Å²) in [5.41, 5.74) is 21.0. The van der Waals surface area contributed by atoms with E-state index in [4.69, 9.17) is 22.6 Å². The largest absolute Gasteiger partial charge is 0.403 e. The maximum Gasteiger partial charge on any atom is 0.315 e. The van der Waals surface area contributed by atoms with Crippen molar-refractivity contribution < 1.29 is 9.59 Å².